The maximum atomic E-state index is 15.1. The lowest BCUT2D eigenvalue weighted by Gasteiger charge is -2.50. The highest BCUT2D eigenvalue weighted by Crippen LogP contribution is 2.65. The van der Waals surface area contributed by atoms with Crippen molar-refractivity contribution in [1.82, 2.24) is 9.91 Å². The number of para-hydroxylation sites is 1. The Balaban J connectivity index is 1.48. The molecule has 2 saturated heterocycles. The number of halogens is 2. The van der Waals surface area contributed by atoms with Crippen molar-refractivity contribution in [3.63, 3.8) is 0 Å². The van der Waals surface area contributed by atoms with Gasteiger partial charge in [-0.15, -0.1) is 0 Å². The topological polar surface area (TPSA) is 116 Å². The molecule has 0 aromatic heterocycles. The minimum Gasteiger partial charge on any atom is -0.504 e. The van der Waals surface area contributed by atoms with Gasteiger partial charge in [0.05, 0.1) is 36.0 Å². The Labute approximate surface area is 282 Å². The van der Waals surface area contributed by atoms with Crippen molar-refractivity contribution in [2.24, 2.45) is 23.7 Å². The molecule has 3 aromatic rings. The van der Waals surface area contributed by atoms with E-state index < -0.39 is 58.2 Å². The number of carbonyl (C=O) groups excluding carboxylic acids is 4. The maximum absolute atomic E-state index is 15.1. The summed E-state index contributed by atoms with van der Waals surface area (Å²) in [5, 5.41) is 13.1. The highest BCUT2D eigenvalue weighted by atomic mass is 35.5. The number of carbonyl (C=O) groups is 4. The van der Waals surface area contributed by atoms with Gasteiger partial charge in [-0.25, -0.2) is 4.39 Å². The molecular weight excluding hydrogens is 637 g/mol. The number of hydrogen-bond donors (Lipinski definition) is 2. The number of methoxy groups -OCH3 is 1. The number of nitrogens with one attached hydrogen (secondary N) is 1. The number of phenolic OH excluding ortho intramolecular Hbond substituents is 1. The second-order valence-corrected chi connectivity index (χ2v) is 14.4. The van der Waals surface area contributed by atoms with Crippen LogP contribution in [0.15, 0.2) is 78.4 Å². The van der Waals surface area contributed by atoms with Crippen LogP contribution in [0.3, 0.4) is 0 Å². The van der Waals surface area contributed by atoms with Crippen LogP contribution in [0.2, 0.25) is 5.02 Å². The van der Waals surface area contributed by atoms with Crippen LogP contribution in [0.1, 0.15) is 50.7 Å². The molecule has 1 saturated carbocycles. The van der Waals surface area contributed by atoms with Crippen LogP contribution in [0.25, 0.3) is 0 Å². The number of fused-ring (bicyclic) bond motifs is 4. The summed E-state index contributed by atoms with van der Waals surface area (Å²) in [7, 11) is 1.42. The molecule has 4 amide bonds. The number of benzene rings is 3. The maximum Gasteiger partial charge on any atom is 0.260 e. The molecule has 248 valence electrons. The van der Waals surface area contributed by atoms with E-state index in [2.05, 4.69) is 5.43 Å². The number of hydrazine groups is 1. The van der Waals surface area contributed by atoms with Gasteiger partial charge in [-0.2, -0.15) is 5.01 Å². The van der Waals surface area contributed by atoms with Gasteiger partial charge in [0.15, 0.2) is 11.5 Å². The van der Waals surface area contributed by atoms with Gasteiger partial charge in [-0.1, -0.05) is 47.5 Å². The molecule has 0 unspecified atom stereocenters. The fraction of sp³-hybridized carbons (Fsp3) is 0.351. The summed E-state index contributed by atoms with van der Waals surface area (Å²) in [6, 6.07) is 17.0. The molecule has 2 aliphatic heterocycles. The molecule has 3 aromatic carbocycles. The molecule has 3 fully saturated rings. The highest BCUT2D eigenvalue weighted by Gasteiger charge is 2.71. The molecular formula is C37H35ClFN3O6. The van der Waals surface area contributed by atoms with Crippen molar-refractivity contribution < 1.29 is 33.4 Å². The van der Waals surface area contributed by atoms with Crippen molar-refractivity contribution >= 4 is 40.9 Å². The van der Waals surface area contributed by atoms with Gasteiger partial charge in [0.1, 0.15) is 5.82 Å². The zero-order chi connectivity index (χ0) is 34.3. The van der Waals surface area contributed by atoms with Gasteiger partial charge in [0.25, 0.3) is 11.8 Å². The number of hydrogen-bond acceptors (Lipinski definition) is 7. The lowest BCUT2D eigenvalue weighted by atomic mass is 9.49. The number of anilines is 1. The number of imide groups is 2. The van der Waals surface area contributed by atoms with Gasteiger partial charge in [-0.05, 0) is 87.6 Å². The molecule has 4 aliphatic rings. The average molecular weight is 672 g/mol. The predicted octanol–water partition coefficient (Wildman–Crippen LogP) is 5.98. The summed E-state index contributed by atoms with van der Waals surface area (Å²) < 4.78 is 19.3. The molecule has 48 heavy (non-hydrogen) atoms. The molecule has 9 nitrogen and oxygen atoms in total. The Bertz CT molecular complexity index is 1890. The second kappa shape index (κ2) is 11.2. The van der Waals surface area contributed by atoms with Gasteiger partial charge < -0.3 is 9.84 Å². The number of phenols is 1. The number of likely N-dealkylation sites (tertiary alicyclic amines) is 1. The fourth-order valence-electron chi connectivity index (χ4n) is 8.60. The zero-order valence-electron chi connectivity index (χ0n) is 26.9. The first-order valence-electron chi connectivity index (χ1n) is 15.9. The van der Waals surface area contributed by atoms with Crippen LogP contribution in [0.5, 0.6) is 11.5 Å². The molecule has 0 spiro atoms. The summed E-state index contributed by atoms with van der Waals surface area (Å²) in [6.45, 7) is 5.45. The third-order valence-electron chi connectivity index (χ3n) is 10.5. The monoisotopic (exact) mass is 671 g/mol. The largest absolute Gasteiger partial charge is 0.504 e. The normalized spacial score (nSPS) is 28.2. The average Bonchev–Trinajstić information content (AvgIpc) is 3.44. The number of rotatable bonds is 5. The highest BCUT2D eigenvalue weighted by molar-refractivity contribution is 6.30. The van der Waals surface area contributed by atoms with E-state index in [-0.39, 0.29) is 36.2 Å². The van der Waals surface area contributed by atoms with Crippen LogP contribution in [0, 0.1) is 29.5 Å². The van der Waals surface area contributed by atoms with Crippen molar-refractivity contribution in [2.75, 3.05) is 12.5 Å². The van der Waals surface area contributed by atoms with Gasteiger partial charge in [0.2, 0.25) is 11.8 Å². The quantitative estimate of drug-likeness (QED) is 0.253. The Kier molecular flexibility index (Phi) is 7.43. The lowest BCUT2D eigenvalue weighted by Crippen LogP contribution is -2.53. The molecule has 0 bridgehead atoms. The van der Waals surface area contributed by atoms with Gasteiger partial charge >= 0.3 is 0 Å². The molecule has 0 radical (unpaired) electrons. The summed E-state index contributed by atoms with van der Waals surface area (Å²) >= 11 is 6.33. The Morgan fingerprint density at radius 2 is 1.62 bits per heavy atom. The molecule has 6 atom stereocenters. The smallest absolute Gasteiger partial charge is 0.260 e. The first-order chi connectivity index (χ1) is 22.8. The number of amides is 4. The van der Waals surface area contributed by atoms with Crippen molar-refractivity contribution in [2.45, 2.75) is 50.5 Å². The van der Waals surface area contributed by atoms with Gasteiger partial charge in [-0.3, -0.25) is 29.5 Å². The molecule has 7 rings (SSSR count). The second-order valence-electron chi connectivity index (χ2n) is 14.0. The van der Waals surface area contributed by atoms with Crippen LogP contribution >= 0.6 is 11.6 Å². The Morgan fingerprint density at radius 1 is 0.938 bits per heavy atom. The van der Waals surface area contributed by atoms with Crippen molar-refractivity contribution in [3.05, 3.63) is 100 Å². The van der Waals surface area contributed by atoms with Crippen LogP contribution in [-0.4, -0.2) is 51.3 Å². The van der Waals surface area contributed by atoms with E-state index in [9.17, 15) is 23.9 Å². The third-order valence-corrected chi connectivity index (χ3v) is 10.7. The van der Waals surface area contributed by atoms with E-state index in [1.54, 1.807) is 42.5 Å². The SMILES string of the molecule is COc1cccc([C@H]2C3=CC[C@@H]4C(=O)N(C(C)(C)C)C(=O)[C@@H]4[C@@H]3C[C@H]3C(=O)N(Nc4ccc(F)cc4)C(=O)[C@@]23c2ccc(Cl)cc2)c1O. The summed E-state index contributed by atoms with van der Waals surface area (Å²) in [5.74, 6) is -6.11. The fourth-order valence-corrected chi connectivity index (χ4v) is 8.72. The third kappa shape index (κ3) is 4.48. The Hall–Kier alpha value is -4.70. The van der Waals surface area contributed by atoms with E-state index in [0.29, 0.717) is 27.4 Å². The van der Waals surface area contributed by atoms with Crippen LogP contribution < -0.4 is 10.2 Å². The van der Waals surface area contributed by atoms with Crippen LogP contribution in [-0.2, 0) is 24.6 Å². The van der Waals surface area contributed by atoms with E-state index in [1.165, 1.54) is 36.3 Å². The van der Waals surface area contributed by atoms with Crippen LogP contribution in [0.4, 0.5) is 10.1 Å². The molecule has 2 N–H and O–H groups in total. The first kappa shape index (κ1) is 31.9. The van der Waals surface area contributed by atoms with Gasteiger partial charge in [0, 0.05) is 22.0 Å². The predicted molar refractivity (Wildman–Crippen MR) is 175 cm³/mol. The van der Waals surface area contributed by atoms with E-state index in [4.69, 9.17) is 16.3 Å². The molecule has 2 aliphatic carbocycles. The van der Waals surface area contributed by atoms with E-state index >= 15 is 4.79 Å². The van der Waals surface area contributed by atoms with E-state index in [0.717, 1.165) is 5.01 Å². The minimum absolute atomic E-state index is 0.0973. The zero-order valence-corrected chi connectivity index (χ0v) is 27.6. The number of nitrogens with zero attached hydrogens (tertiary/aromatic N) is 2. The Morgan fingerprint density at radius 3 is 2.27 bits per heavy atom. The summed E-state index contributed by atoms with van der Waals surface area (Å²) in [6.07, 6.45) is 2.28. The first-order valence-corrected chi connectivity index (χ1v) is 16.3. The minimum atomic E-state index is -1.61. The standard InChI is InChI=1S/C37H35ClFN3O6/c1-36(2,3)41-32(44)24-17-16-23-26(29(24)34(41)46)18-27-33(45)42(40-22-14-12-21(39)13-15-22)35(47)37(27,19-8-10-20(38)11-9-19)30(23)25-6-5-7-28(48-4)31(25)43/h5-16,24,26-27,29-30,40,43H,17-18H2,1-4H3/t24-,26+,27-,29-,30+,37+/m0/s1. The molecule has 11 heteroatoms. The summed E-state index contributed by atoms with van der Waals surface area (Å²) in [5.41, 5.74) is 2.41. The number of aromatic hydroxyl groups is 1. The van der Waals surface area contributed by atoms with E-state index in [1.807, 2.05) is 26.8 Å². The number of allylic oxidation sites excluding steroid dienone is 2. The number of ether oxygens (including phenoxy) is 1. The van der Waals surface area contributed by atoms with Crippen molar-refractivity contribution in [1.29, 1.82) is 0 Å². The lowest BCUT2D eigenvalue weighted by molar-refractivity contribution is -0.146. The molecule has 2 heterocycles. The van der Waals surface area contributed by atoms with Crippen molar-refractivity contribution in [3.8, 4) is 11.5 Å². The summed E-state index contributed by atoms with van der Waals surface area (Å²) in [4.78, 5) is 59.1.